The first-order valence-corrected chi connectivity index (χ1v) is 8.44. The van der Waals surface area contributed by atoms with Gasteiger partial charge in [0.15, 0.2) is 0 Å². The van der Waals surface area contributed by atoms with E-state index in [1.54, 1.807) is 67.9 Å². The third kappa shape index (κ3) is 4.45. The highest BCUT2D eigenvalue weighted by Gasteiger charge is 2.09. The summed E-state index contributed by atoms with van der Waals surface area (Å²) in [4.78, 5) is 16.5. The molecule has 26 heavy (non-hydrogen) atoms. The molecule has 1 aromatic heterocycles. The molecular weight excluding hydrogens is 373 g/mol. The molecule has 2 N–H and O–H groups in total. The zero-order valence-corrected chi connectivity index (χ0v) is 15.3. The fourth-order valence-electron chi connectivity index (χ4n) is 2.30. The number of carbonyl (C=O) groups is 1. The lowest BCUT2D eigenvalue weighted by molar-refractivity contribution is 0.102. The van der Waals surface area contributed by atoms with Crippen LogP contribution in [0, 0.1) is 0 Å². The van der Waals surface area contributed by atoms with Crippen LogP contribution in [0.1, 0.15) is 10.5 Å². The molecule has 0 saturated carbocycles. The van der Waals surface area contributed by atoms with Crippen LogP contribution in [0.3, 0.4) is 0 Å². The van der Waals surface area contributed by atoms with E-state index in [0.29, 0.717) is 32.9 Å². The lowest BCUT2D eigenvalue weighted by Gasteiger charge is -2.11. The summed E-state index contributed by atoms with van der Waals surface area (Å²) in [6, 6.07) is 15.6. The maximum atomic E-state index is 12.3. The molecule has 0 saturated heterocycles. The standard InChI is InChI=1S/C19H15Cl2N3O2/c1-26-18-8-5-13(21)10-17(18)23-15-6-7-16(22-11-15)19(25)24-14-4-2-3-12(20)9-14/h2-11,23H,1H3,(H,24,25). The normalized spacial score (nSPS) is 10.3. The van der Waals surface area contributed by atoms with Crippen LogP contribution >= 0.6 is 23.2 Å². The number of benzene rings is 2. The van der Waals surface area contributed by atoms with Gasteiger partial charge < -0.3 is 15.4 Å². The summed E-state index contributed by atoms with van der Waals surface area (Å²) >= 11 is 11.9. The Kier molecular flexibility index (Phi) is 5.61. The SMILES string of the molecule is COc1ccc(Cl)cc1Nc1ccc(C(=O)Nc2cccc(Cl)c2)nc1. The number of aromatic nitrogens is 1. The van der Waals surface area contributed by atoms with E-state index in [0.717, 1.165) is 0 Å². The van der Waals surface area contributed by atoms with Gasteiger partial charge in [-0.15, -0.1) is 0 Å². The highest BCUT2D eigenvalue weighted by Crippen LogP contribution is 2.30. The molecule has 2 aromatic carbocycles. The van der Waals surface area contributed by atoms with Crippen LogP contribution in [0.4, 0.5) is 17.1 Å². The van der Waals surface area contributed by atoms with Gasteiger partial charge in [0.2, 0.25) is 0 Å². The fourth-order valence-corrected chi connectivity index (χ4v) is 2.66. The number of nitrogens with zero attached hydrogens (tertiary/aromatic N) is 1. The summed E-state index contributed by atoms with van der Waals surface area (Å²) in [6.07, 6.45) is 1.56. The second kappa shape index (κ2) is 8.08. The summed E-state index contributed by atoms with van der Waals surface area (Å²) in [5.74, 6) is 0.330. The van der Waals surface area contributed by atoms with Crippen molar-refractivity contribution in [2.75, 3.05) is 17.7 Å². The van der Waals surface area contributed by atoms with E-state index in [1.165, 1.54) is 0 Å². The molecule has 5 nitrogen and oxygen atoms in total. The van der Waals surface area contributed by atoms with Crippen molar-refractivity contribution in [3.05, 3.63) is 76.5 Å². The Hall–Kier alpha value is -2.76. The van der Waals surface area contributed by atoms with Gasteiger partial charge in [-0.1, -0.05) is 29.3 Å². The van der Waals surface area contributed by atoms with Crippen molar-refractivity contribution in [1.82, 2.24) is 4.98 Å². The Balaban J connectivity index is 1.72. The van der Waals surface area contributed by atoms with Gasteiger partial charge in [-0.05, 0) is 48.5 Å². The second-order valence-electron chi connectivity index (χ2n) is 5.37. The molecule has 0 bridgehead atoms. The van der Waals surface area contributed by atoms with Crippen molar-refractivity contribution < 1.29 is 9.53 Å². The lowest BCUT2D eigenvalue weighted by Crippen LogP contribution is -2.13. The molecule has 7 heteroatoms. The molecule has 0 aliphatic carbocycles. The molecule has 0 fully saturated rings. The minimum atomic E-state index is -0.320. The van der Waals surface area contributed by atoms with Crippen LogP contribution in [0.15, 0.2) is 60.8 Å². The topological polar surface area (TPSA) is 63.2 Å². The van der Waals surface area contributed by atoms with Gasteiger partial charge in [0.25, 0.3) is 5.91 Å². The van der Waals surface area contributed by atoms with Gasteiger partial charge in [-0.2, -0.15) is 0 Å². The van der Waals surface area contributed by atoms with Crippen LogP contribution in [-0.4, -0.2) is 18.0 Å². The molecule has 3 aromatic rings. The van der Waals surface area contributed by atoms with Gasteiger partial charge in [0.05, 0.1) is 24.7 Å². The average Bonchev–Trinajstić information content (AvgIpc) is 2.62. The van der Waals surface area contributed by atoms with E-state index < -0.39 is 0 Å². The number of carbonyl (C=O) groups excluding carboxylic acids is 1. The zero-order chi connectivity index (χ0) is 18.5. The number of rotatable bonds is 5. The summed E-state index contributed by atoms with van der Waals surface area (Å²) in [5.41, 5.74) is 2.30. The third-order valence-electron chi connectivity index (χ3n) is 3.52. The number of methoxy groups -OCH3 is 1. The van der Waals surface area contributed by atoms with Crippen molar-refractivity contribution in [3.8, 4) is 5.75 Å². The quantitative estimate of drug-likeness (QED) is 0.615. The van der Waals surface area contributed by atoms with Crippen molar-refractivity contribution >= 4 is 46.2 Å². The van der Waals surface area contributed by atoms with E-state index in [4.69, 9.17) is 27.9 Å². The van der Waals surface area contributed by atoms with E-state index in [-0.39, 0.29) is 11.6 Å². The molecule has 0 spiro atoms. The van der Waals surface area contributed by atoms with E-state index >= 15 is 0 Å². The van der Waals surface area contributed by atoms with Gasteiger partial charge in [0, 0.05) is 15.7 Å². The Morgan fingerprint density at radius 1 is 1.00 bits per heavy atom. The number of amides is 1. The highest BCUT2D eigenvalue weighted by atomic mass is 35.5. The largest absolute Gasteiger partial charge is 0.495 e. The molecule has 0 aliphatic heterocycles. The molecule has 1 amide bonds. The van der Waals surface area contributed by atoms with Gasteiger partial charge in [-0.25, -0.2) is 4.98 Å². The first kappa shape index (κ1) is 18.0. The van der Waals surface area contributed by atoms with Crippen LogP contribution in [0.5, 0.6) is 5.75 Å². The Morgan fingerprint density at radius 3 is 2.50 bits per heavy atom. The van der Waals surface area contributed by atoms with E-state index in [2.05, 4.69) is 15.6 Å². The first-order chi connectivity index (χ1) is 12.5. The lowest BCUT2D eigenvalue weighted by atomic mass is 10.2. The van der Waals surface area contributed by atoms with Gasteiger partial charge in [0.1, 0.15) is 11.4 Å². The number of halogens is 2. The minimum absolute atomic E-state index is 0.286. The zero-order valence-electron chi connectivity index (χ0n) is 13.8. The highest BCUT2D eigenvalue weighted by molar-refractivity contribution is 6.31. The number of ether oxygens (including phenoxy) is 1. The van der Waals surface area contributed by atoms with E-state index in [1.807, 2.05) is 0 Å². The van der Waals surface area contributed by atoms with Gasteiger partial charge in [-0.3, -0.25) is 4.79 Å². The van der Waals surface area contributed by atoms with Crippen LogP contribution in [0.25, 0.3) is 0 Å². The Morgan fingerprint density at radius 2 is 1.81 bits per heavy atom. The van der Waals surface area contributed by atoms with Crippen molar-refractivity contribution in [1.29, 1.82) is 0 Å². The summed E-state index contributed by atoms with van der Waals surface area (Å²) in [7, 11) is 1.58. The average molecular weight is 388 g/mol. The van der Waals surface area contributed by atoms with Crippen molar-refractivity contribution in [2.24, 2.45) is 0 Å². The first-order valence-electron chi connectivity index (χ1n) is 7.69. The molecule has 0 unspecified atom stereocenters. The summed E-state index contributed by atoms with van der Waals surface area (Å²) in [6.45, 7) is 0. The number of pyridine rings is 1. The Labute approximate surface area is 160 Å². The number of anilines is 3. The van der Waals surface area contributed by atoms with Crippen LogP contribution in [-0.2, 0) is 0 Å². The fraction of sp³-hybridized carbons (Fsp3) is 0.0526. The minimum Gasteiger partial charge on any atom is -0.495 e. The van der Waals surface area contributed by atoms with Crippen molar-refractivity contribution in [3.63, 3.8) is 0 Å². The molecule has 132 valence electrons. The predicted octanol–water partition coefficient (Wildman–Crippen LogP) is 5.39. The molecule has 0 atom stereocenters. The maximum Gasteiger partial charge on any atom is 0.274 e. The molecule has 3 rings (SSSR count). The van der Waals surface area contributed by atoms with E-state index in [9.17, 15) is 4.79 Å². The summed E-state index contributed by atoms with van der Waals surface area (Å²) in [5, 5.41) is 7.05. The predicted molar refractivity (Wildman–Crippen MR) is 105 cm³/mol. The number of nitrogens with one attached hydrogen (secondary N) is 2. The van der Waals surface area contributed by atoms with Crippen molar-refractivity contribution in [2.45, 2.75) is 0 Å². The van der Waals surface area contributed by atoms with Crippen LogP contribution < -0.4 is 15.4 Å². The molecular formula is C19H15Cl2N3O2. The number of hydrogen-bond acceptors (Lipinski definition) is 4. The monoisotopic (exact) mass is 387 g/mol. The van der Waals surface area contributed by atoms with Crippen LogP contribution in [0.2, 0.25) is 10.0 Å². The molecule has 0 radical (unpaired) electrons. The molecule has 0 aliphatic rings. The number of hydrogen-bond donors (Lipinski definition) is 2. The maximum absolute atomic E-state index is 12.3. The second-order valence-corrected chi connectivity index (χ2v) is 6.24. The molecule has 1 heterocycles. The Bertz CT molecular complexity index is 930. The third-order valence-corrected chi connectivity index (χ3v) is 3.99. The smallest absolute Gasteiger partial charge is 0.274 e. The van der Waals surface area contributed by atoms with Gasteiger partial charge >= 0.3 is 0 Å². The summed E-state index contributed by atoms with van der Waals surface area (Å²) < 4.78 is 5.29.